The molecule has 96 valence electrons. The second-order valence-corrected chi connectivity index (χ2v) is 5.25. The number of hydrogen-bond acceptors (Lipinski definition) is 3. The number of nitrogens with zero attached hydrogens (tertiary/aromatic N) is 1. The predicted molar refractivity (Wildman–Crippen MR) is 68.8 cm³/mol. The topological polar surface area (TPSA) is 24.5 Å². The smallest absolute Gasteiger partial charge is 0.0615 e. The van der Waals surface area contributed by atoms with E-state index in [2.05, 4.69) is 31.0 Å². The number of likely N-dealkylation sites (tertiary alicyclic amines) is 1. The highest BCUT2D eigenvalue weighted by molar-refractivity contribution is 4.82. The third kappa shape index (κ3) is 4.40. The summed E-state index contributed by atoms with van der Waals surface area (Å²) in [5.74, 6) is 0. The summed E-state index contributed by atoms with van der Waals surface area (Å²) in [4.78, 5) is 2.61. The Hall–Kier alpha value is -0.120. The number of methoxy groups -OCH3 is 1. The summed E-state index contributed by atoms with van der Waals surface area (Å²) >= 11 is 0. The zero-order valence-corrected chi connectivity index (χ0v) is 11.3. The Bertz CT molecular complexity index is 185. The van der Waals surface area contributed by atoms with E-state index in [1.165, 1.54) is 25.8 Å². The molecule has 0 aromatic heterocycles. The second-order valence-electron chi connectivity index (χ2n) is 5.25. The fraction of sp³-hybridized carbons (Fsp3) is 1.00. The molecule has 1 rings (SSSR count). The van der Waals surface area contributed by atoms with Crippen LogP contribution in [0.3, 0.4) is 0 Å². The minimum atomic E-state index is 0.546. The van der Waals surface area contributed by atoms with Gasteiger partial charge in [0.15, 0.2) is 0 Å². The van der Waals surface area contributed by atoms with Gasteiger partial charge in [0.05, 0.1) is 6.61 Å². The van der Waals surface area contributed by atoms with Gasteiger partial charge in [-0.25, -0.2) is 0 Å². The molecule has 2 unspecified atom stereocenters. The molecule has 2 atom stereocenters. The maximum atomic E-state index is 5.27. The van der Waals surface area contributed by atoms with E-state index in [0.717, 1.165) is 13.2 Å². The van der Waals surface area contributed by atoms with Crippen LogP contribution in [0.1, 0.15) is 40.0 Å². The third-order valence-electron chi connectivity index (χ3n) is 3.41. The van der Waals surface area contributed by atoms with E-state index in [-0.39, 0.29) is 0 Å². The van der Waals surface area contributed by atoms with Gasteiger partial charge in [-0.15, -0.1) is 0 Å². The van der Waals surface area contributed by atoms with Gasteiger partial charge in [0.1, 0.15) is 0 Å². The van der Waals surface area contributed by atoms with Crippen molar-refractivity contribution in [2.24, 2.45) is 0 Å². The first-order valence-corrected chi connectivity index (χ1v) is 6.63. The Balaban J connectivity index is 2.43. The Morgan fingerprint density at radius 1 is 1.31 bits per heavy atom. The Morgan fingerprint density at radius 3 is 2.69 bits per heavy atom. The summed E-state index contributed by atoms with van der Waals surface area (Å²) in [5, 5.41) is 3.56. The lowest BCUT2D eigenvalue weighted by Gasteiger charge is -2.40. The molecule has 1 fully saturated rings. The highest BCUT2D eigenvalue weighted by Crippen LogP contribution is 2.19. The summed E-state index contributed by atoms with van der Waals surface area (Å²) in [6, 6.07) is 1.83. The summed E-state index contributed by atoms with van der Waals surface area (Å²) in [6.07, 6.45) is 4.04. The van der Waals surface area contributed by atoms with Crippen LogP contribution in [0.15, 0.2) is 0 Å². The molecule has 1 heterocycles. The van der Waals surface area contributed by atoms with Crippen molar-refractivity contribution in [2.75, 3.05) is 26.8 Å². The molecule has 3 nitrogen and oxygen atoms in total. The maximum Gasteiger partial charge on any atom is 0.0615 e. The second kappa shape index (κ2) is 7.25. The fourth-order valence-corrected chi connectivity index (χ4v) is 2.53. The van der Waals surface area contributed by atoms with Crippen LogP contribution < -0.4 is 5.32 Å². The molecule has 0 bridgehead atoms. The van der Waals surface area contributed by atoms with Gasteiger partial charge in [-0.1, -0.05) is 20.3 Å². The predicted octanol–water partition coefficient (Wildman–Crippen LogP) is 1.87. The molecule has 0 aromatic carbocycles. The van der Waals surface area contributed by atoms with E-state index < -0.39 is 0 Å². The average molecular weight is 228 g/mol. The van der Waals surface area contributed by atoms with Gasteiger partial charge in [-0.3, -0.25) is 4.90 Å². The highest BCUT2D eigenvalue weighted by Gasteiger charge is 2.26. The van der Waals surface area contributed by atoms with Gasteiger partial charge < -0.3 is 10.1 Å². The van der Waals surface area contributed by atoms with Crippen LogP contribution in [0.2, 0.25) is 0 Å². The molecule has 0 aliphatic carbocycles. The van der Waals surface area contributed by atoms with Crippen LogP contribution >= 0.6 is 0 Å². The van der Waals surface area contributed by atoms with E-state index >= 15 is 0 Å². The molecule has 0 spiro atoms. The van der Waals surface area contributed by atoms with Gasteiger partial charge in [0.25, 0.3) is 0 Å². The molecule has 1 N–H and O–H groups in total. The van der Waals surface area contributed by atoms with E-state index in [0.29, 0.717) is 18.1 Å². The normalized spacial score (nSPS) is 24.9. The largest absolute Gasteiger partial charge is 0.383 e. The molecule has 1 saturated heterocycles. The molecular weight excluding hydrogens is 200 g/mol. The van der Waals surface area contributed by atoms with Gasteiger partial charge in [-0.2, -0.15) is 0 Å². The lowest BCUT2D eigenvalue weighted by molar-refractivity contribution is 0.0481. The first kappa shape index (κ1) is 13.9. The lowest BCUT2D eigenvalue weighted by atomic mass is 10.00. The monoisotopic (exact) mass is 228 g/mol. The van der Waals surface area contributed by atoms with Crippen LogP contribution in [0, 0.1) is 0 Å². The van der Waals surface area contributed by atoms with E-state index in [9.17, 15) is 0 Å². The van der Waals surface area contributed by atoms with E-state index in [1.807, 2.05) is 0 Å². The van der Waals surface area contributed by atoms with E-state index in [4.69, 9.17) is 4.74 Å². The van der Waals surface area contributed by atoms with E-state index in [1.54, 1.807) is 7.11 Å². The summed E-state index contributed by atoms with van der Waals surface area (Å²) < 4.78 is 5.27. The van der Waals surface area contributed by atoms with Crippen LogP contribution in [0.25, 0.3) is 0 Å². The molecule has 0 amide bonds. The van der Waals surface area contributed by atoms with Crippen molar-refractivity contribution in [3.8, 4) is 0 Å². The van der Waals surface area contributed by atoms with Crippen molar-refractivity contribution < 1.29 is 4.74 Å². The molecule has 3 heteroatoms. The zero-order chi connectivity index (χ0) is 12.0. The summed E-state index contributed by atoms with van der Waals surface area (Å²) in [6.45, 7) is 9.90. The molecule has 0 radical (unpaired) electrons. The lowest BCUT2D eigenvalue weighted by Crippen LogP contribution is -2.51. The highest BCUT2D eigenvalue weighted by atomic mass is 16.5. The average Bonchev–Trinajstić information content (AvgIpc) is 2.27. The SMILES string of the molecule is COCC(C)N1CCCCC1CNC(C)C. The molecule has 0 aromatic rings. The summed E-state index contributed by atoms with van der Waals surface area (Å²) in [7, 11) is 1.79. The number of ether oxygens (including phenoxy) is 1. The van der Waals surface area contributed by atoms with Crippen molar-refractivity contribution in [3.05, 3.63) is 0 Å². The van der Waals surface area contributed by atoms with Gasteiger partial charge in [0.2, 0.25) is 0 Å². The Labute approximate surface area is 101 Å². The fourth-order valence-electron chi connectivity index (χ4n) is 2.53. The molecule has 1 aliphatic heterocycles. The molecule has 16 heavy (non-hydrogen) atoms. The number of piperidine rings is 1. The van der Waals surface area contributed by atoms with Gasteiger partial charge in [-0.05, 0) is 26.3 Å². The molecule has 0 saturated carbocycles. The van der Waals surface area contributed by atoms with Crippen molar-refractivity contribution in [1.29, 1.82) is 0 Å². The molecular formula is C13H28N2O. The van der Waals surface area contributed by atoms with Crippen molar-refractivity contribution in [1.82, 2.24) is 10.2 Å². The van der Waals surface area contributed by atoms with Crippen molar-refractivity contribution in [3.63, 3.8) is 0 Å². The van der Waals surface area contributed by atoms with Gasteiger partial charge in [0, 0.05) is 31.8 Å². The minimum absolute atomic E-state index is 0.546. The summed E-state index contributed by atoms with van der Waals surface area (Å²) in [5.41, 5.74) is 0. The number of rotatable bonds is 6. The van der Waals surface area contributed by atoms with Crippen molar-refractivity contribution >= 4 is 0 Å². The van der Waals surface area contributed by atoms with Crippen LogP contribution in [0.5, 0.6) is 0 Å². The first-order chi connectivity index (χ1) is 7.65. The van der Waals surface area contributed by atoms with Crippen LogP contribution in [-0.4, -0.2) is 49.8 Å². The van der Waals surface area contributed by atoms with Crippen LogP contribution in [-0.2, 0) is 4.74 Å². The quantitative estimate of drug-likeness (QED) is 0.751. The first-order valence-electron chi connectivity index (χ1n) is 6.63. The minimum Gasteiger partial charge on any atom is -0.383 e. The van der Waals surface area contributed by atoms with Crippen molar-refractivity contribution in [2.45, 2.75) is 58.2 Å². The molecule has 1 aliphatic rings. The van der Waals surface area contributed by atoms with Gasteiger partial charge >= 0.3 is 0 Å². The Morgan fingerprint density at radius 2 is 2.06 bits per heavy atom. The zero-order valence-electron chi connectivity index (χ0n) is 11.3. The standard InChI is InChI=1S/C13H28N2O/c1-11(2)14-9-13-7-5-6-8-15(13)12(3)10-16-4/h11-14H,5-10H2,1-4H3. The Kier molecular flexibility index (Phi) is 6.32. The number of nitrogens with one attached hydrogen (secondary N) is 1. The van der Waals surface area contributed by atoms with Crippen LogP contribution in [0.4, 0.5) is 0 Å². The third-order valence-corrected chi connectivity index (χ3v) is 3.41. The maximum absolute atomic E-state index is 5.27. The number of hydrogen-bond donors (Lipinski definition) is 1.